The van der Waals surface area contributed by atoms with Crippen molar-refractivity contribution >= 4 is 5.69 Å². The monoisotopic (exact) mass is 262 g/mol. The van der Waals surface area contributed by atoms with Gasteiger partial charge < -0.3 is 15.0 Å². The number of hydrogen-bond donors (Lipinski definition) is 1. The first-order valence-corrected chi connectivity index (χ1v) is 7.53. The molecule has 0 aromatic heterocycles. The molecule has 3 nitrogen and oxygen atoms in total. The third-order valence-electron chi connectivity index (χ3n) is 3.61. The van der Waals surface area contributed by atoms with E-state index in [1.807, 2.05) is 6.92 Å². The van der Waals surface area contributed by atoms with Crippen LogP contribution in [-0.4, -0.2) is 39.4 Å². The van der Waals surface area contributed by atoms with Gasteiger partial charge in [-0.15, -0.1) is 0 Å². The molecule has 1 heterocycles. The summed E-state index contributed by atoms with van der Waals surface area (Å²) in [5.41, 5.74) is 2.94. The molecular weight excluding hydrogens is 236 g/mol. The molecule has 0 amide bonds. The first-order chi connectivity index (χ1) is 9.42. The van der Waals surface area contributed by atoms with E-state index in [1.54, 1.807) is 0 Å². The summed E-state index contributed by atoms with van der Waals surface area (Å²) in [6.45, 7) is 8.14. The summed E-state index contributed by atoms with van der Waals surface area (Å²) >= 11 is 0. The fourth-order valence-electron chi connectivity index (χ4n) is 2.63. The van der Waals surface area contributed by atoms with Crippen LogP contribution in [0.4, 0.5) is 5.69 Å². The Hall–Kier alpha value is -1.06. The predicted octanol–water partition coefficient (Wildman–Crippen LogP) is 2.46. The zero-order valence-corrected chi connectivity index (χ0v) is 12.0. The molecule has 0 atom stereocenters. The van der Waals surface area contributed by atoms with Gasteiger partial charge in [-0.05, 0) is 44.4 Å². The van der Waals surface area contributed by atoms with Gasteiger partial charge in [0.05, 0.1) is 0 Å². The highest BCUT2D eigenvalue weighted by atomic mass is 16.5. The molecule has 0 fully saturated rings. The molecule has 0 saturated carbocycles. The number of aryl methyl sites for hydroxylation is 1. The van der Waals surface area contributed by atoms with Gasteiger partial charge in [-0.3, -0.25) is 0 Å². The summed E-state index contributed by atoms with van der Waals surface area (Å²) in [7, 11) is 0. The van der Waals surface area contributed by atoms with Crippen molar-refractivity contribution in [3.05, 3.63) is 29.8 Å². The molecule has 0 saturated heterocycles. The van der Waals surface area contributed by atoms with Gasteiger partial charge in [0.2, 0.25) is 0 Å². The summed E-state index contributed by atoms with van der Waals surface area (Å²) < 4.78 is 5.33. The van der Waals surface area contributed by atoms with Crippen LogP contribution in [0.25, 0.3) is 0 Å². The standard InChI is InChI=1S/C16H26N2O/c1-2-19-14-6-10-17-11-13-18-12-5-8-15-7-3-4-9-16(15)18/h3-4,7,9,17H,2,5-6,8,10-14H2,1H3. The number of benzene rings is 1. The molecule has 106 valence electrons. The lowest BCUT2D eigenvalue weighted by molar-refractivity contribution is 0.145. The second-order valence-corrected chi connectivity index (χ2v) is 5.02. The van der Waals surface area contributed by atoms with Gasteiger partial charge in [0.1, 0.15) is 0 Å². The average Bonchev–Trinajstić information content (AvgIpc) is 2.46. The maximum Gasteiger partial charge on any atom is 0.0477 e. The average molecular weight is 262 g/mol. The van der Waals surface area contributed by atoms with Gasteiger partial charge in [0.25, 0.3) is 0 Å². The quantitative estimate of drug-likeness (QED) is 0.728. The van der Waals surface area contributed by atoms with Crippen LogP contribution in [0.1, 0.15) is 25.3 Å². The second kappa shape index (κ2) is 8.18. The van der Waals surface area contributed by atoms with Gasteiger partial charge in [0, 0.05) is 38.5 Å². The molecule has 1 aliphatic rings. The number of para-hydroxylation sites is 1. The van der Waals surface area contributed by atoms with Crippen LogP contribution in [0, 0.1) is 0 Å². The topological polar surface area (TPSA) is 24.5 Å². The lowest BCUT2D eigenvalue weighted by Crippen LogP contribution is -2.36. The van der Waals surface area contributed by atoms with Crippen molar-refractivity contribution in [2.45, 2.75) is 26.2 Å². The first kappa shape index (κ1) is 14.4. The van der Waals surface area contributed by atoms with Gasteiger partial charge in [-0.2, -0.15) is 0 Å². The molecule has 0 radical (unpaired) electrons. The number of anilines is 1. The molecular formula is C16H26N2O. The smallest absolute Gasteiger partial charge is 0.0477 e. The summed E-state index contributed by atoms with van der Waals surface area (Å²) in [4.78, 5) is 2.51. The van der Waals surface area contributed by atoms with Crippen LogP contribution in [0.3, 0.4) is 0 Å². The Morgan fingerprint density at radius 1 is 1.26 bits per heavy atom. The number of ether oxygens (including phenoxy) is 1. The number of nitrogens with one attached hydrogen (secondary N) is 1. The minimum atomic E-state index is 0.824. The zero-order chi connectivity index (χ0) is 13.3. The van der Waals surface area contributed by atoms with Crippen molar-refractivity contribution in [3.63, 3.8) is 0 Å². The SMILES string of the molecule is CCOCCCNCCN1CCCc2ccccc21. The fraction of sp³-hybridized carbons (Fsp3) is 0.625. The largest absolute Gasteiger partial charge is 0.382 e. The van der Waals surface area contributed by atoms with Gasteiger partial charge in [0.15, 0.2) is 0 Å². The molecule has 19 heavy (non-hydrogen) atoms. The Morgan fingerprint density at radius 3 is 3.05 bits per heavy atom. The van der Waals surface area contributed by atoms with Crippen LogP contribution < -0.4 is 10.2 Å². The normalized spacial score (nSPS) is 14.5. The molecule has 0 unspecified atom stereocenters. The first-order valence-electron chi connectivity index (χ1n) is 7.53. The minimum Gasteiger partial charge on any atom is -0.382 e. The lowest BCUT2D eigenvalue weighted by atomic mass is 10.0. The van der Waals surface area contributed by atoms with Crippen LogP contribution in [-0.2, 0) is 11.2 Å². The Labute approximate surface area is 116 Å². The minimum absolute atomic E-state index is 0.824. The van der Waals surface area contributed by atoms with E-state index in [0.717, 1.165) is 39.3 Å². The van der Waals surface area contributed by atoms with E-state index in [0.29, 0.717) is 0 Å². The third kappa shape index (κ3) is 4.51. The van der Waals surface area contributed by atoms with Crippen LogP contribution in [0.5, 0.6) is 0 Å². The van der Waals surface area contributed by atoms with E-state index in [9.17, 15) is 0 Å². The number of rotatable bonds is 8. The molecule has 1 aromatic rings. The number of hydrogen-bond acceptors (Lipinski definition) is 3. The molecule has 0 aliphatic carbocycles. The number of fused-ring (bicyclic) bond motifs is 1. The van der Waals surface area contributed by atoms with Crippen LogP contribution in [0.15, 0.2) is 24.3 Å². The molecule has 0 spiro atoms. The van der Waals surface area contributed by atoms with E-state index in [4.69, 9.17) is 4.74 Å². The van der Waals surface area contributed by atoms with E-state index >= 15 is 0 Å². The van der Waals surface area contributed by atoms with Crippen LogP contribution >= 0.6 is 0 Å². The van der Waals surface area contributed by atoms with Crippen molar-refractivity contribution < 1.29 is 4.74 Å². The second-order valence-electron chi connectivity index (χ2n) is 5.02. The zero-order valence-electron chi connectivity index (χ0n) is 12.0. The van der Waals surface area contributed by atoms with Crippen molar-refractivity contribution in [1.82, 2.24) is 5.32 Å². The Bertz CT molecular complexity index is 368. The summed E-state index contributed by atoms with van der Waals surface area (Å²) in [6, 6.07) is 8.81. The Morgan fingerprint density at radius 2 is 2.16 bits per heavy atom. The van der Waals surface area contributed by atoms with Crippen molar-refractivity contribution in [3.8, 4) is 0 Å². The van der Waals surface area contributed by atoms with Gasteiger partial charge in [-0.25, -0.2) is 0 Å². The van der Waals surface area contributed by atoms with Crippen molar-refractivity contribution in [2.24, 2.45) is 0 Å². The molecule has 1 aromatic carbocycles. The molecule has 3 heteroatoms. The Balaban J connectivity index is 1.67. The molecule has 1 N–H and O–H groups in total. The van der Waals surface area contributed by atoms with Gasteiger partial charge >= 0.3 is 0 Å². The third-order valence-corrected chi connectivity index (χ3v) is 3.61. The van der Waals surface area contributed by atoms with E-state index in [-0.39, 0.29) is 0 Å². The van der Waals surface area contributed by atoms with E-state index in [2.05, 4.69) is 34.5 Å². The lowest BCUT2D eigenvalue weighted by Gasteiger charge is -2.31. The Kier molecular flexibility index (Phi) is 6.18. The number of nitrogens with zero attached hydrogens (tertiary/aromatic N) is 1. The van der Waals surface area contributed by atoms with Gasteiger partial charge in [-0.1, -0.05) is 18.2 Å². The molecule has 1 aliphatic heterocycles. The van der Waals surface area contributed by atoms with E-state index < -0.39 is 0 Å². The maximum atomic E-state index is 5.33. The highest BCUT2D eigenvalue weighted by molar-refractivity contribution is 5.55. The highest BCUT2D eigenvalue weighted by Crippen LogP contribution is 2.25. The fourth-order valence-corrected chi connectivity index (χ4v) is 2.63. The van der Waals surface area contributed by atoms with Crippen molar-refractivity contribution in [2.75, 3.05) is 44.3 Å². The van der Waals surface area contributed by atoms with E-state index in [1.165, 1.54) is 30.6 Å². The summed E-state index contributed by atoms with van der Waals surface area (Å²) in [5.74, 6) is 0. The summed E-state index contributed by atoms with van der Waals surface area (Å²) in [6.07, 6.45) is 3.61. The van der Waals surface area contributed by atoms with Crippen LogP contribution in [0.2, 0.25) is 0 Å². The predicted molar refractivity (Wildman–Crippen MR) is 81.0 cm³/mol. The highest BCUT2D eigenvalue weighted by Gasteiger charge is 2.14. The van der Waals surface area contributed by atoms with Crippen molar-refractivity contribution in [1.29, 1.82) is 0 Å². The molecule has 0 bridgehead atoms. The summed E-state index contributed by atoms with van der Waals surface area (Å²) in [5, 5.41) is 3.50. The maximum absolute atomic E-state index is 5.33. The molecule has 2 rings (SSSR count).